The van der Waals surface area contributed by atoms with Gasteiger partial charge >= 0.3 is 0 Å². The SMILES string of the molecule is Cc1cc(-c2n[nH]c(C)c2-c2ccc(-c3ccc(S(N)(=O)=O)c(C)c3C)cc2)cc(C)n1. The van der Waals surface area contributed by atoms with E-state index in [4.69, 9.17) is 5.14 Å². The molecule has 4 aromatic rings. The monoisotopic (exact) mass is 446 g/mol. The van der Waals surface area contributed by atoms with Gasteiger partial charge in [-0.05, 0) is 80.6 Å². The quantitative estimate of drug-likeness (QED) is 0.461. The van der Waals surface area contributed by atoms with Gasteiger partial charge < -0.3 is 0 Å². The fourth-order valence-corrected chi connectivity index (χ4v) is 5.03. The van der Waals surface area contributed by atoms with Crippen LogP contribution in [0, 0.1) is 34.6 Å². The molecule has 0 aliphatic carbocycles. The third-order valence-electron chi connectivity index (χ3n) is 5.83. The number of aromatic nitrogens is 3. The van der Waals surface area contributed by atoms with Crippen molar-refractivity contribution in [1.82, 2.24) is 15.2 Å². The van der Waals surface area contributed by atoms with Crippen LogP contribution in [0.2, 0.25) is 0 Å². The summed E-state index contributed by atoms with van der Waals surface area (Å²) in [4.78, 5) is 4.63. The van der Waals surface area contributed by atoms with Crippen LogP contribution in [-0.4, -0.2) is 23.6 Å². The number of benzene rings is 2. The fourth-order valence-electron chi connectivity index (χ4n) is 4.20. The Kier molecular flexibility index (Phi) is 5.48. The highest BCUT2D eigenvalue weighted by Gasteiger charge is 2.18. The molecule has 4 rings (SSSR count). The summed E-state index contributed by atoms with van der Waals surface area (Å²) in [5, 5.41) is 13.0. The number of hydrogen-bond acceptors (Lipinski definition) is 4. The maximum atomic E-state index is 11.8. The van der Waals surface area contributed by atoms with E-state index < -0.39 is 10.0 Å². The number of rotatable bonds is 4. The minimum Gasteiger partial charge on any atom is -0.282 e. The third-order valence-corrected chi connectivity index (χ3v) is 6.89. The van der Waals surface area contributed by atoms with E-state index in [0.717, 1.165) is 56.2 Å². The maximum absolute atomic E-state index is 11.8. The summed E-state index contributed by atoms with van der Waals surface area (Å²) in [6.07, 6.45) is 0. The van der Waals surface area contributed by atoms with Gasteiger partial charge in [0.1, 0.15) is 5.69 Å². The molecule has 0 amide bonds. The lowest BCUT2D eigenvalue weighted by Crippen LogP contribution is -2.14. The number of nitrogens with one attached hydrogen (secondary N) is 1. The maximum Gasteiger partial charge on any atom is 0.238 e. The second-order valence-electron chi connectivity index (χ2n) is 8.19. The van der Waals surface area contributed by atoms with E-state index in [-0.39, 0.29) is 4.90 Å². The smallest absolute Gasteiger partial charge is 0.238 e. The molecule has 2 aromatic heterocycles. The first-order valence-electron chi connectivity index (χ1n) is 10.3. The van der Waals surface area contributed by atoms with Gasteiger partial charge in [0.25, 0.3) is 0 Å². The topological polar surface area (TPSA) is 102 Å². The molecular formula is C25H26N4O2S. The molecule has 0 fully saturated rings. The predicted molar refractivity (Wildman–Crippen MR) is 128 cm³/mol. The Bertz CT molecular complexity index is 1420. The van der Waals surface area contributed by atoms with Crippen molar-refractivity contribution in [2.45, 2.75) is 39.5 Å². The third kappa shape index (κ3) is 3.97. The molecule has 0 bridgehead atoms. The molecule has 2 heterocycles. The van der Waals surface area contributed by atoms with Gasteiger partial charge in [-0.25, -0.2) is 13.6 Å². The first-order chi connectivity index (χ1) is 15.1. The van der Waals surface area contributed by atoms with Crippen molar-refractivity contribution >= 4 is 10.0 Å². The minimum atomic E-state index is -3.75. The summed E-state index contributed by atoms with van der Waals surface area (Å²) >= 11 is 0. The van der Waals surface area contributed by atoms with Crippen molar-refractivity contribution < 1.29 is 8.42 Å². The van der Waals surface area contributed by atoms with Gasteiger partial charge in [-0.1, -0.05) is 30.3 Å². The summed E-state index contributed by atoms with van der Waals surface area (Å²) in [5.74, 6) is 0. The van der Waals surface area contributed by atoms with Gasteiger partial charge in [-0.2, -0.15) is 5.10 Å². The number of aromatic amines is 1. The Morgan fingerprint density at radius 2 is 1.38 bits per heavy atom. The van der Waals surface area contributed by atoms with Crippen LogP contribution < -0.4 is 5.14 Å². The summed E-state index contributed by atoms with van der Waals surface area (Å²) in [7, 11) is -3.75. The van der Waals surface area contributed by atoms with Crippen molar-refractivity contribution in [2.75, 3.05) is 0 Å². The first-order valence-corrected chi connectivity index (χ1v) is 11.9. The number of nitrogens with two attached hydrogens (primary N) is 1. The number of sulfonamides is 1. The largest absolute Gasteiger partial charge is 0.282 e. The van der Waals surface area contributed by atoms with Crippen LogP contribution in [-0.2, 0) is 10.0 Å². The van der Waals surface area contributed by atoms with Crippen molar-refractivity contribution in [3.05, 3.63) is 76.7 Å². The molecule has 0 radical (unpaired) electrons. The van der Waals surface area contributed by atoms with Crippen LogP contribution in [0.4, 0.5) is 0 Å². The fraction of sp³-hybridized carbons (Fsp3) is 0.200. The van der Waals surface area contributed by atoms with E-state index in [9.17, 15) is 8.42 Å². The van der Waals surface area contributed by atoms with E-state index in [0.29, 0.717) is 5.56 Å². The molecular weight excluding hydrogens is 420 g/mol. The highest BCUT2D eigenvalue weighted by Crippen LogP contribution is 2.35. The molecule has 3 N–H and O–H groups in total. The van der Waals surface area contributed by atoms with Crippen molar-refractivity contribution in [3.8, 4) is 33.5 Å². The molecule has 32 heavy (non-hydrogen) atoms. The number of nitrogens with zero attached hydrogens (tertiary/aromatic N) is 2. The highest BCUT2D eigenvalue weighted by atomic mass is 32.2. The number of primary sulfonamides is 1. The van der Waals surface area contributed by atoms with E-state index in [1.807, 2.05) is 58.0 Å². The molecule has 0 aliphatic rings. The number of hydrogen-bond donors (Lipinski definition) is 2. The second-order valence-corrected chi connectivity index (χ2v) is 9.72. The zero-order valence-corrected chi connectivity index (χ0v) is 19.6. The zero-order valence-electron chi connectivity index (χ0n) is 18.8. The molecule has 0 unspecified atom stereocenters. The standard InChI is InChI=1S/C25H26N4O2S/c1-14-12-21(13-15(2)27-14)25-24(18(5)28-29-25)20-8-6-19(7-9-20)22-10-11-23(32(26,30)31)17(4)16(22)3/h6-13H,1-5H3,(H,28,29)(H2,26,30,31). The summed E-state index contributed by atoms with van der Waals surface area (Å²) in [5.41, 5.74) is 10.5. The average molecular weight is 447 g/mol. The van der Waals surface area contributed by atoms with Crippen molar-refractivity contribution in [2.24, 2.45) is 5.14 Å². The lowest BCUT2D eigenvalue weighted by Gasteiger charge is -2.13. The van der Waals surface area contributed by atoms with E-state index >= 15 is 0 Å². The lowest BCUT2D eigenvalue weighted by atomic mass is 9.94. The lowest BCUT2D eigenvalue weighted by molar-refractivity contribution is 0.597. The van der Waals surface area contributed by atoms with Gasteiger partial charge in [-0.15, -0.1) is 0 Å². The molecule has 0 spiro atoms. The second kappa shape index (κ2) is 8.00. The summed E-state index contributed by atoms with van der Waals surface area (Å²) in [6.45, 7) is 9.68. The van der Waals surface area contributed by atoms with E-state index in [2.05, 4.69) is 27.3 Å². The van der Waals surface area contributed by atoms with Gasteiger partial charge in [0.2, 0.25) is 10.0 Å². The van der Waals surface area contributed by atoms with Crippen LogP contribution in [0.25, 0.3) is 33.5 Å². The zero-order chi connectivity index (χ0) is 23.2. The number of pyridine rings is 1. The highest BCUT2D eigenvalue weighted by molar-refractivity contribution is 7.89. The molecule has 7 heteroatoms. The summed E-state index contributed by atoms with van der Waals surface area (Å²) < 4.78 is 23.6. The van der Waals surface area contributed by atoms with E-state index in [1.54, 1.807) is 13.0 Å². The predicted octanol–water partition coefficient (Wildman–Crippen LogP) is 5.00. The summed E-state index contributed by atoms with van der Waals surface area (Å²) in [6, 6.07) is 15.7. The average Bonchev–Trinajstić information content (AvgIpc) is 3.10. The van der Waals surface area contributed by atoms with Crippen molar-refractivity contribution in [3.63, 3.8) is 0 Å². The molecule has 6 nitrogen and oxygen atoms in total. The van der Waals surface area contributed by atoms with Gasteiger partial charge in [0, 0.05) is 28.2 Å². The number of aryl methyl sites for hydroxylation is 3. The molecule has 0 atom stereocenters. The van der Waals surface area contributed by atoms with E-state index in [1.165, 1.54) is 0 Å². The Balaban J connectivity index is 1.77. The molecule has 2 aromatic carbocycles. The van der Waals surface area contributed by atoms with Gasteiger partial charge in [-0.3, -0.25) is 10.1 Å². The molecule has 0 aliphatic heterocycles. The molecule has 0 saturated heterocycles. The van der Waals surface area contributed by atoms with Gasteiger partial charge in [0.15, 0.2) is 0 Å². The Morgan fingerprint density at radius 3 is 1.97 bits per heavy atom. The molecule has 0 saturated carbocycles. The Hall–Kier alpha value is -3.29. The molecule has 164 valence electrons. The van der Waals surface area contributed by atoms with Crippen molar-refractivity contribution in [1.29, 1.82) is 0 Å². The Morgan fingerprint density at radius 1 is 0.781 bits per heavy atom. The normalized spacial score (nSPS) is 11.7. The Labute approximate surface area is 188 Å². The van der Waals surface area contributed by atoms with Gasteiger partial charge in [0.05, 0.1) is 4.90 Å². The van der Waals surface area contributed by atoms with Crippen LogP contribution >= 0.6 is 0 Å². The van der Waals surface area contributed by atoms with Crippen LogP contribution in [0.15, 0.2) is 53.4 Å². The van der Waals surface area contributed by atoms with Crippen LogP contribution in [0.1, 0.15) is 28.2 Å². The first kappa shape index (κ1) is 21.9. The van der Waals surface area contributed by atoms with Crippen LogP contribution in [0.3, 0.4) is 0 Å². The minimum absolute atomic E-state index is 0.164. The van der Waals surface area contributed by atoms with Crippen LogP contribution in [0.5, 0.6) is 0 Å². The number of H-pyrrole nitrogens is 1.